The maximum Gasteiger partial charge on any atom is 0.305 e. The van der Waals surface area contributed by atoms with E-state index in [0.717, 1.165) is 57.5 Å². The molecule has 50 heavy (non-hydrogen) atoms. The molecule has 296 valence electrons. The number of hydrogen-bond acceptors (Lipinski definition) is 6. The zero-order valence-electron chi connectivity index (χ0n) is 33.6. The summed E-state index contributed by atoms with van der Waals surface area (Å²) in [6.07, 6.45) is 33.8. The number of unbranched alkanes of at least 4 members (excludes halogenated alkanes) is 17. The number of likely N-dealkylation sites (N-methyl/N-ethyl adjacent to an activating group) is 1. The SMILES string of the molecule is CCCCCC(CCCCC)CCOC(=O)CCCCCCCCCC(CCCCCCCCCC(=O)O)OCCCCN1CCN(C)CC1. The Morgan fingerprint density at radius 1 is 0.560 bits per heavy atom. The highest BCUT2D eigenvalue weighted by Gasteiger charge is 2.14. The molecule has 0 aromatic heterocycles. The van der Waals surface area contributed by atoms with E-state index in [4.69, 9.17) is 14.6 Å². The Morgan fingerprint density at radius 2 is 1.06 bits per heavy atom. The minimum absolute atomic E-state index is 0.00646. The van der Waals surface area contributed by atoms with Crippen molar-refractivity contribution in [1.82, 2.24) is 9.80 Å². The standard InChI is InChI=1S/C43H84N2O5/c1-4-6-18-26-40(27-19-7-5-2)32-39-50-43(48)31-23-17-13-9-11-15-21-29-41(28-20-14-10-8-12-16-22-30-42(46)47)49-38-25-24-33-45-36-34-44(3)35-37-45/h40-41H,4-39H2,1-3H3,(H,46,47). The zero-order valence-corrected chi connectivity index (χ0v) is 33.6. The highest BCUT2D eigenvalue weighted by molar-refractivity contribution is 5.69. The Kier molecular flexibility index (Phi) is 32.7. The molecule has 1 saturated heterocycles. The van der Waals surface area contributed by atoms with Gasteiger partial charge < -0.3 is 24.4 Å². The summed E-state index contributed by atoms with van der Waals surface area (Å²) >= 11 is 0. The monoisotopic (exact) mass is 709 g/mol. The average Bonchev–Trinajstić information content (AvgIpc) is 3.10. The number of carbonyl (C=O) groups excluding carboxylic acids is 1. The number of nitrogens with zero attached hydrogens (tertiary/aromatic N) is 2. The third-order valence-corrected chi connectivity index (χ3v) is 10.9. The van der Waals surface area contributed by atoms with Crippen LogP contribution in [0.25, 0.3) is 0 Å². The molecular weight excluding hydrogens is 624 g/mol. The van der Waals surface area contributed by atoms with Crippen LogP contribution < -0.4 is 0 Å². The highest BCUT2D eigenvalue weighted by Crippen LogP contribution is 2.22. The van der Waals surface area contributed by atoms with Crippen molar-refractivity contribution in [3.05, 3.63) is 0 Å². The van der Waals surface area contributed by atoms with Crippen molar-refractivity contribution in [2.45, 2.75) is 206 Å². The Hall–Kier alpha value is -1.18. The smallest absolute Gasteiger partial charge is 0.305 e. The number of carbonyl (C=O) groups is 2. The van der Waals surface area contributed by atoms with E-state index < -0.39 is 5.97 Å². The molecule has 0 saturated carbocycles. The van der Waals surface area contributed by atoms with Crippen molar-refractivity contribution in [2.24, 2.45) is 5.92 Å². The van der Waals surface area contributed by atoms with Crippen LogP contribution in [0.4, 0.5) is 0 Å². The number of aliphatic carboxylic acids is 1. The summed E-state index contributed by atoms with van der Waals surface area (Å²) in [5.41, 5.74) is 0. The molecule has 7 heteroatoms. The van der Waals surface area contributed by atoms with E-state index in [2.05, 4.69) is 30.7 Å². The first-order valence-electron chi connectivity index (χ1n) is 21.8. The number of ether oxygens (including phenoxy) is 2. The van der Waals surface area contributed by atoms with E-state index >= 15 is 0 Å². The summed E-state index contributed by atoms with van der Waals surface area (Å²) in [4.78, 5) is 28.0. The Labute approximate surface area is 310 Å². The van der Waals surface area contributed by atoms with E-state index in [0.29, 0.717) is 25.6 Å². The summed E-state index contributed by atoms with van der Waals surface area (Å²) in [6.45, 7) is 12.0. The zero-order chi connectivity index (χ0) is 36.3. The second kappa shape index (κ2) is 34.9. The number of esters is 1. The molecule has 0 amide bonds. The topological polar surface area (TPSA) is 79.3 Å². The molecule has 1 fully saturated rings. The van der Waals surface area contributed by atoms with Gasteiger partial charge in [0.15, 0.2) is 0 Å². The molecular formula is C43H84N2O5. The van der Waals surface area contributed by atoms with Crippen LogP contribution >= 0.6 is 0 Å². The molecule has 0 spiro atoms. The molecule has 1 aliphatic rings. The minimum atomic E-state index is -0.672. The number of rotatable bonds is 37. The molecule has 1 heterocycles. The van der Waals surface area contributed by atoms with Crippen molar-refractivity contribution >= 4 is 11.9 Å². The van der Waals surface area contributed by atoms with Gasteiger partial charge in [-0.25, -0.2) is 0 Å². The van der Waals surface area contributed by atoms with Gasteiger partial charge in [0.1, 0.15) is 0 Å². The molecule has 7 nitrogen and oxygen atoms in total. The Morgan fingerprint density at radius 3 is 1.60 bits per heavy atom. The first kappa shape index (κ1) is 46.8. The lowest BCUT2D eigenvalue weighted by Crippen LogP contribution is -2.44. The second-order valence-electron chi connectivity index (χ2n) is 15.6. The minimum Gasteiger partial charge on any atom is -0.481 e. The van der Waals surface area contributed by atoms with E-state index in [-0.39, 0.29) is 5.97 Å². The number of carboxylic acids is 1. The molecule has 1 rings (SSSR count). The Bertz CT molecular complexity index is 748. The lowest BCUT2D eigenvalue weighted by Gasteiger charge is -2.32. The van der Waals surface area contributed by atoms with Crippen molar-refractivity contribution in [1.29, 1.82) is 0 Å². The van der Waals surface area contributed by atoms with E-state index in [9.17, 15) is 9.59 Å². The number of hydrogen-bond donors (Lipinski definition) is 1. The summed E-state index contributed by atoms with van der Waals surface area (Å²) in [5, 5.41) is 8.80. The van der Waals surface area contributed by atoms with Gasteiger partial charge in [0, 0.05) is 45.6 Å². The molecule has 0 radical (unpaired) electrons. The number of piperazine rings is 1. The largest absolute Gasteiger partial charge is 0.481 e. The number of carboxylic acid groups (broad SMARTS) is 1. The lowest BCUT2D eigenvalue weighted by atomic mass is 9.92. The van der Waals surface area contributed by atoms with Crippen LogP contribution in [0, 0.1) is 5.92 Å². The average molecular weight is 709 g/mol. The van der Waals surface area contributed by atoms with E-state index in [1.807, 2.05) is 0 Å². The van der Waals surface area contributed by atoms with Crippen LogP contribution in [0.3, 0.4) is 0 Å². The van der Waals surface area contributed by atoms with Gasteiger partial charge in [0.25, 0.3) is 0 Å². The molecule has 1 atom stereocenters. The Balaban J connectivity index is 2.16. The van der Waals surface area contributed by atoms with Crippen molar-refractivity contribution in [2.75, 3.05) is 53.0 Å². The van der Waals surface area contributed by atoms with Gasteiger partial charge >= 0.3 is 11.9 Å². The second-order valence-corrected chi connectivity index (χ2v) is 15.6. The summed E-state index contributed by atoms with van der Waals surface area (Å²) in [5.74, 6) is 0.0557. The van der Waals surface area contributed by atoms with Crippen LogP contribution in [-0.2, 0) is 19.1 Å². The van der Waals surface area contributed by atoms with Gasteiger partial charge in [-0.1, -0.05) is 142 Å². The van der Waals surface area contributed by atoms with Gasteiger partial charge in [0.2, 0.25) is 0 Å². The molecule has 0 aromatic rings. The van der Waals surface area contributed by atoms with Gasteiger partial charge in [-0.05, 0) is 64.5 Å². The first-order valence-corrected chi connectivity index (χ1v) is 21.8. The van der Waals surface area contributed by atoms with Gasteiger partial charge in [-0.2, -0.15) is 0 Å². The highest BCUT2D eigenvalue weighted by atomic mass is 16.5. The van der Waals surface area contributed by atoms with Crippen LogP contribution in [0.1, 0.15) is 200 Å². The van der Waals surface area contributed by atoms with Crippen LogP contribution in [0.2, 0.25) is 0 Å². The predicted octanol–water partition coefficient (Wildman–Crippen LogP) is 11.2. The molecule has 1 aliphatic heterocycles. The molecule has 0 aromatic carbocycles. The molecule has 1 N–H and O–H groups in total. The lowest BCUT2D eigenvalue weighted by molar-refractivity contribution is -0.144. The van der Waals surface area contributed by atoms with E-state index in [1.165, 1.54) is 161 Å². The van der Waals surface area contributed by atoms with Crippen molar-refractivity contribution < 1.29 is 24.2 Å². The fraction of sp³-hybridized carbons (Fsp3) is 0.953. The normalized spacial score (nSPS) is 14.8. The maximum atomic E-state index is 12.3. The summed E-state index contributed by atoms with van der Waals surface area (Å²) in [6, 6.07) is 0. The van der Waals surface area contributed by atoms with Gasteiger partial charge in [0.05, 0.1) is 12.7 Å². The first-order chi connectivity index (χ1) is 24.4. The quantitative estimate of drug-likeness (QED) is 0.0508. The molecule has 0 bridgehead atoms. The van der Waals surface area contributed by atoms with Crippen LogP contribution in [-0.4, -0.2) is 85.9 Å². The summed E-state index contributed by atoms with van der Waals surface area (Å²) in [7, 11) is 2.22. The predicted molar refractivity (Wildman–Crippen MR) is 211 cm³/mol. The van der Waals surface area contributed by atoms with E-state index in [1.54, 1.807) is 0 Å². The summed E-state index contributed by atoms with van der Waals surface area (Å²) < 4.78 is 12.1. The fourth-order valence-electron chi connectivity index (χ4n) is 7.34. The molecule has 0 aliphatic carbocycles. The van der Waals surface area contributed by atoms with Crippen molar-refractivity contribution in [3.8, 4) is 0 Å². The van der Waals surface area contributed by atoms with Crippen LogP contribution in [0.15, 0.2) is 0 Å². The third kappa shape index (κ3) is 30.4. The third-order valence-electron chi connectivity index (χ3n) is 10.9. The van der Waals surface area contributed by atoms with Gasteiger partial charge in [-0.15, -0.1) is 0 Å². The fourth-order valence-corrected chi connectivity index (χ4v) is 7.34. The van der Waals surface area contributed by atoms with Crippen molar-refractivity contribution in [3.63, 3.8) is 0 Å². The van der Waals surface area contributed by atoms with Gasteiger partial charge in [-0.3, -0.25) is 9.59 Å². The maximum absolute atomic E-state index is 12.3. The van der Waals surface area contributed by atoms with Crippen LogP contribution in [0.5, 0.6) is 0 Å². The molecule has 1 unspecified atom stereocenters.